The number of fused-ring (bicyclic) bond motifs is 1. The van der Waals surface area contributed by atoms with Crippen molar-refractivity contribution < 1.29 is 0 Å². The molecule has 0 aliphatic carbocycles. The highest BCUT2D eigenvalue weighted by atomic mass is 127. The topological polar surface area (TPSA) is 69.6 Å². The van der Waals surface area contributed by atoms with Crippen LogP contribution >= 0.6 is 22.6 Å². The smallest absolute Gasteiger partial charge is 0.164 e. The molecule has 0 radical (unpaired) electrons. The van der Waals surface area contributed by atoms with Gasteiger partial charge in [0.2, 0.25) is 0 Å². The Morgan fingerprint density at radius 2 is 2.27 bits per heavy atom. The lowest BCUT2D eigenvalue weighted by Crippen LogP contribution is -2.06. The second-order valence-electron chi connectivity index (χ2n) is 3.45. The number of rotatable bonds is 2. The molecule has 0 amide bonds. The molecule has 2 aromatic heterocycles. The van der Waals surface area contributed by atoms with Crippen LogP contribution < -0.4 is 5.73 Å². The van der Waals surface area contributed by atoms with E-state index >= 15 is 0 Å². The van der Waals surface area contributed by atoms with Crippen molar-refractivity contribution in [1.82, 2.24) is 19.7 Å². The summed E-state index contributed by atoms with van der Waals surface area (Å²) in [6.45, 7) is 4.23. The van der Waals surface area contributed by atoms with E-state index in [2.05, 4.69) is 51.5 Å². The first-order valence-corrected chi connectivity index (χ1v) is 5.87. The van der Waals surface area contributed by atoms with Crippen molar-refractivity contribution in [2.24, 2.45) is 0 Å². The van der Waals surface area contributed by atoms with Crippen molar-refractivity contribution >= 4 is 39.4 Å². The lowest BCUT2D eigenvalue weighted by Gasteiger charge is -2.09. The fourth-order valence-electron chi connectivity index (χ4n) is 1.43. The quantitative estimate of drug-likeness (QED) is 0.860. The van der Waals surface area contributed by atoms with Crippen molar-refractivity contribution in [3.05, 3.63) is 10.0 Å². The maximum atomic E-state index is 5.80. The zero-order valence-corrected chi connectivity index (χ0v) is 10.8. The molecule has 0 bridgehead atoms. The molecule has 0 spiro atoms. The summed E-state index contributed by atoms with van der Waals surface area (Å²) >= 11 is 2.16. The second kappa shape index (κ2) is 3.92. The third kappa shape index (κ3) is 1.66. The lowest BCUT2D eigenvalue weighted by atomic mass is 10.3. The highest BCUT2D eigenvalue weighted by molar-refractivity contribution is 14.1. The molecule has 5 nitrogen and oxygen atoms in total. The summed E-state index contributed by atoms with van der Waals surface area (Å²) in [7, 11) is 0. The molecular formula is C9H12IN5. The fourth-order valence-corrected chi connectivity index (χ4v) is 2.18. The summed E-state index contributed by atoms with van der Waals surface area (Å²) in [4.78, 5) is 8.21. The third-order valence-electron chi connectivity index (χ3n) is 2.48. The molecule has 2 heterocycles. The molecule has 0 aromatic carbocycles. The highest BCUT2D eigenvalue weighted by Gasteiger charge is 2.15. The van der Waals surface area contributed by atoms with E-state index in [0.29, 0.717) is 11.9 Å². The summed E-state index contributed by atoms with van der Waals surface area (Å²) in [6.07, 6.45) is 2.49. The predicted octanol–water partition coefficient (Wildman–Crippen LogP) is 1.98. The van der Waals surface area contributed by atoms with E-state index in [-0.39, 0.29) is 0 Å². The molecule has 0 unspecified atom stereocenters. The van der Waals surface area contributed by atoms with Gasteiger partial charge < -0.3 is 5.73 Å². The van der Waals surface area contributed by atoms with Gasteiger partial charge in [0.25, 0.3) is 0 Å². The third-order valence-corrected chi connectivity index (χ3v) is 3.24. The van der Waals surface area contributed by atoms with E-state index in [1.54, 1.807) is 0 Å². The lowest BCUT2D eigenvalue weighted by molar-refractivity contribution is 0.487. The Bertz CT molecular complexity index is 492. The number of hydrogen-bond acceptors (Lipinski definition) is 4. The van der Waals surface area contributed by atoms with Crippen LogP contribution in [0.5, 0.6) is 0 Å². The summed E-state index contributed by atoms with van der Waals surface area (Å²) in [5.74, 6) is 0.499. The van der Waals surface area contributed by atoms with Gasteiger partial charge in [-0.2, -0.15) is 5.10 Å². The van der Waals surface area contributed by atoms with Gasteiger partial charge in [-0.3, -0.25) is 0 Å². The number of aromatic nitrogens is 4. The van der Waals surface area contributed by atoms with Gasteiger partial charge in [0.05, 0.1) is 11.4 Å². The zero-order chi connectivity index (χ0) is 11.0. The Balaban J connectivity index is 2.73. The maximum absolute atomic E-state index is 5.80. The first-order chi connectivity index (χ1) is 7.15. The van der Waals surface area contributed by atoms with E-state index in [9.17, 15) is 0 Å². The largest absolute Gasteiger partial charge is 0.383 e. The fraction of sp³-hybridized carbons (Fsp3) is 0.444. The molecule has 0 aliphatic rings. The molecule has 0 saturated heterocycles. The minimum Gasteiger partial charge on any atom is -0.383 e. The Morgan fingerprint density at radius 1 is 1.53 bits per heavy atom. The molecule has 1 atom stereocenters. The van der Waals surface area contributed by atoms with Crippen LogP contribution in [0, 0.1) is 3.70 Å². The zero-order valence-electron chi connectivity index (χ0n) is 8.61. The van der Waals surface area contributed by atoms with Crippen LogP contribution in [0.2, 0.25) is 0 Å². The van der Waals surface area contributed by atoms with Gasteiger partial charge in [-0.15, -0.1) is 0 Å². The Hall–Kier alpha value is -0.920. The molecule has 2 N–H and O–H groups in total. The predicted molar refractivity (Wildman–Crippen MR) is 67.5 cm³/mol. The van der Waals surface area contributed by atoms with Gasteiger partial charge in [-0.25, -0.2) is 14.6 Å². The van der Waals surface area contributed by atoms with Gasteiger partial charge in [-0.1, -0.05) is 6.92 Å². The first kappa shape index (κ1) is 10.6. The number of halogens is 1. The Morgan fingerprint density at radius 3 is 2.93 bits per heavy atom. The summed E-state index contributed by atoms with van der Waals surface area (Å²) in [5, 5.41) is 5.30. The number of nitrogens with two attached hydrogens (primary N) is 1. The van der Waals surface area contributed by atoms with Gasteiger partial charge >= 0.3 is 0 Å². The molecule has 0 saturated carbocycles. The van der Waals surface area contributed by atoms with E-state index in [1.165, 1.54) is 6.33 Å². The summed E-state index contributed by atoms with van der Waals surface area (Å²) in [5.41, 5.74) is 6.62. The van der Waals surface area contributed by atoms with Crippen molar-refractivity contribution in [3.8, 4) is 0 Å². The minimum atomic E-state index is 0.324. The normalized spacial score (nSPS) is 13.3. The Labute approximate surface area is 101 Å². The molecule has 15 heavy (non-hydrogen) atoms. The van der Waals surface area contributed by atoms with Gasteiger partial charge in [0.15, 0.2) is 5.65 Å². The van der Waals surface area contributed by atoms with E-state index < -0.39 is 0 Å². The summed E-state index contributed by atoms with van der Waals surface area (Å²) in [6, 6.07) is 0.324. The number of hydrogen-bond donors (Lipinski definition) is 1. The van der Waals surface area contributed by atoms with Crippen molar-refractivity contribution in [2.45, 2.75) is 26.3 Å². The molecular weight excluding hydrogens is 305 g/mol. The van der Waals surface area contributed by atoms with E-state index in [0.717, 1.165) is 21.2 Å². The van der Waals surface area contributed by atoms with E-state index in [4.69, 9.17) is 5.73 Å². The average molecular weight is 317 g/mol. The molecule has 0 fully saturated rings. The monoisotopic (exact) mass is 317 g/mol. The van der Waals surface area contributed by atoms with Gasteiger partial charge in [0.1, 0.15) is 15.8 Å². The molecule has 80 valence electrons. The van der Waals surface area contributed by atoms with Crippen LogP contribution in [0.3, 0.4) is 0 Å². The standard InChI is InChI=1S/C9H12IN5/c1-3-5(2)15-9-6(7(10)14-15)8(11)12-4-13-9/h4-5H,3H2,1-2H3,(H2,11,12,13)/t5-/m0/s1. The van der Waals surface area contributed by atoms with Crippen molar-refractivity contribution in [2.75, 3.05) is 5.73 Å². The van der Waals surface area contributed by atoms with E-state index in [1.807, 2.05) is 4.68 Å². The van der Waals surface area contributed by atoms with Crippen LogP contribution in [-0.2, 0) is 0 Å². The summed E-state index contributed by atoms with van der Waals surface area (Å²) < 4.78 is 2.77. The average Bonchev–Trinajstić information content (AvgIpc) is 2.56. The molecule has 6 heteroatoms. The van der Waals surface area contributed by atoms with Crippen LogP contribution in [0.1, 0.15) is 26.3 Å². The van der Waals surface area contributed by atoms with Crippen molar-refractivity contribution in [1.29, 1.82) is 0 Å². The van der Waals surface area contributed by atoms with Crippen LogP contribution in [0.15, 0.2) is 6.33 Å². The van der Waals surface area contributed by atoms with Crippen LogP contribution in [0.4, 0.5) is 5.82 Å². The maximum Gasteiger partial charge on any atom is 0.164 e. The molecule has 2 aromatic rings. The number of nitrogen functional groups attached to an aromatic ring is 1. The molecule has 2 rings (SSSR count). The first-order valence-electron chi connectivity index (χ1n) is 4.79. The second-order valence-corrected chi connectivity index (χ2v) is 4.47. The van der Waals surface area contributed by atoms with Gasteiger partial charge in [0, 0.05) is 0 Å². The van der Waals surface area contributed by atoms with Crippen LogP contribution in [0.25, 0.3) is 11.0 Å². The van der Waals surface area contributed by atoms with Gasteiger partial charge in [-0.05, 0) is 35.9 Å². The highest BCUT2D eigenvalue weighted by Crippen LogP contribution is 2.25. The minimum absolute atomic E-state index is 0.324. The molecule has 0 aliphatic heterocycles. The number of nitrogens with zero attached hydrogens (tertiary/aromatic N) is 4. The van der Waals surface area contributed by atoms with Crippen molar-refractivity contribution in [3.63, 3.8) is 0 Å². The van der Waals surface area contributed by atoms with Crippen LogP contribution in [-0.4, -0.2) is 19.7 Å². The SMILES string of the molecule is CC[C@H](C)n1nc(I)c2c(N)ncnc21. The number of anilines is 1. The Kier molecular flexibility index (Phi) is 2.76.